The molecule has 2 aliphatic heterocycles. The molecule has 0 bridgehead atoms. The second kappa shape index (κ2) is 6.44. The maximum Gasteiger partial charge on any atom is 0.214 e. The SMILES string of the molecule is O=S(=O)(CC1CCCCO1)NCc1ccc2c(c1)CNC2. The molecular weight excluding hydrogens is 288 g/mol. The van der Waals surface area contributed by atoms with Crippen molar-refractivity contribution in [1.29, 1.82) is 0 Å². The van der Waals surface area contributed by atoms with Gasteiger partial charge in [0.15, 0.2) is 0 Å². The van der Waals surface area contributed by atoms with Gasteiger partial charge < -0.3 is 10.1 Å². The maximum absolute atomic E-state index is 12.1. The highest BCUT2D eigenvalue weighted by atomic mass is 32.2. The van der Waals surface area contributed by atoms with Crippen LogP contribution in [0.15, 0.2) is 18.2 Å². The average molecular weight is 310 g/mol. The Morgan fingerprint density at radius 3 is 2.90 bits per heavy atom. The summed E-state index contributed by atoms with van der Waals surface area (Å²) in [5.41, 5.74) is 3.57. The normalized spacial score (nSPS) is 22.2. The lowest BCUT2D eigenvalue weighted by atomic mass is 10.1. The summed E-state index contributed by atoms with van der Waals surface area (Å²) in [5, 5.41) is 3.29. The summed E-state index contributed by atoms with van der Waals surface area (Å²) in [6.45, 7) is 2.80. The molecular formula is C15H22N2O3S. The summed E-state index contributed by atoms with van der Waals surface area (Å²) in [5.74, 6) is 0.0689. The van der Waals surface area contributed by atoms with Gasteiger partial charge in [0, 0.05) is 26.2 Å². The molecule has 5 nitrogen and oxygen atoms in total. The summed E-state index contributed by atoms with van der Waals surface area (Å²) in [6, 6.07) is 6.14. The molecule has 0 radical (unpaired) electrons. The first-order chi connectivity index (χ1) is 10.1. The predicted molar refractivity (Wildman–Crippen MR) is 81.2 cm³/mol. The standard InChI is InChI=1S/C15H22N2O3S/c18-21(19,11-15-3-1-2-6-20-15)17-8-12-4-5-13-9-16-10-14(13)7-12/h4-5,7,15-17H,1-3,6,8-11H2. The van der Waals surface area contributed by atoms with Crippen LogP contribution in [0.5, 0.6) is 0 Å². The topological polar surface area (TPSA) is 67.4 Å². The largest absolute Gasteiger partial charge is 0.377 e. The molecule has 0 spiro atoms. The molecule has 1 aromatic carbocycles. The van der Waals surface area contributed by atoms with Crippen LogP contribution < -0.4 is 10.0 Å². The van der Waals surface area contributed by atoms with Crippen LogP contribution in [-0.2, 0) is 34.4 Å². The minimum atomic E-state index is -3.28. The first-order valence-electron chi connectivity index (χ1n) is 7.53. The van der Waals surface area contributed by atoms with Gasteiger partial charge in [-0.3, -0.25) is 0 Å². The molecule has 0 aliphatic carbocycles. The van der Waals surface area contributed by atoms with E-state index < -0.39 is 10.0 Å². The first-order valence-corrected chi connectivity index (χ1v) is 9.18. The van der Waals surface area contributed by atoms with E-state index in [9.17, 15) is 8.42 Å². The average Bonchev–Trinajstić information content (AvgIpc) is 2.93. The number of fused-ring (bicyclic) bond motifs is 1. The number of sulfonamides is 1. The minimum Gasteiger partial charge on any atom is -0.377 e. The molecule has 1 fully saturated rings. The Kier molecular flexibility index (Phi) is 4.59. The van der Waals surface area contributed by atoms with Crippen molar-refractivity contribution in [1.82, 2.24) is 10.0 Å². The van der Waals surface area contributed by atoms with E-state index in [1.807, 2.05) is 6.07 Å². The van der Waals surface area contributed by atoms with Crippen molar-refractivity contribution in [2.24, 2.45) is 0 Å². The lowest BCUT2D eigenvalue weighted by Gasteiger charge is -2.22. The van der Waals surface area contributed by atoms with Gasteiger partial charge in [-0.1, -0.05) is 18.2 Å². The quantitative estimate of drug-likeness (QED) is 0.860. The molecule has 21 heavy (non-hydrogen) atoms. The van der Waals surface area contributed by atoms with Gasteiger partial charge in [0.2, 0.25) is 10.0 Å². The lowest BCUT2D eigenvalue weighted by Crippen LogP contribution is -2.34. The fourth-order valence-corrected chi connectivity index (χ4v) is 4.15. The molecule has 1 saturated heterocycles. The third-order valence-electron chi connectivity index (χ3n) is 4.08. The van der Waals surface area contributed by atoms with Gasteiger partial charge in [0.1, 0.15) is 0 Å². The second-order valence-electron chi connectivity index (χ2n) is 5.80. The summed E-state index contributed by atoms with van der Waals surface area (Å²) < 4.78 is 32.4. The van der Waals surface area contributed by atoms with Crippen LogP contribution in [0.3, 0.4) is 0 Å². The van der Waals surface area contributed by atoms with Crippen LogP contribution >= 0.6 is 0 Å². The molecule has 2 aliphatic rings. The van der Waals surface area contributed by atoms with Gasteiger partial charge in [0.25, 0.3) is 0 Å². The van der Waals surface area contributed by atoms with E-state index in [0.29, 0.717) is 13.2 Å². The molecule has 2 N–H and O–H groups in total. The molecule has 6 heteroatoms. The molecule has 2 heterocycles. The number of hydrogen-bond donors (Lipinski definition) is 2. The van der Waals surface area contributed by atoms with Crippen molar-refractivity contribution in [3.8, 4) is 0 Å². The van der Waals surface area contributed by atoms with Gasteiger partial charge >= 0.3 is 0 Å². The van der Waals surface area contributed by atoms with Crippen molar-refractivity contribution in [3.63, 3.8) is 0 Å². The van der Waals surface area contributed by atoms with E-state index in [4.69, 9.17) is 4.74 Å². The molecule has 0 saturated carbocycles. The van der Waals surface area contributed by atoms with Crippen molar-refractivity contribution in [3.05, 3.63) is 34.9 Å². The summed E-state index contributed by atoms with van der Waals surface area (Å²) in [7, 11) is -3.28. The van der Waals surface area contributed by atoms with E-state index >= 15 is 0 Å². The maximum atomic E-state index is 12.1. The molecule has 0 amide bonds. The zero-order chi connectivity index (χ0) is 14.7. The fourth-order valence-electron chi connectivity index (χ4n) is 2.89. The van der Waals surface area contributed by atoms with Crippen LogP contribution in [-0.4, -0.2) is 26.9 Å². The molecule has 116 valence electrons. The van der Waals surface area contributed by atoms with Crippen LogP contribution in [0.4, 0.5) is 0 Å². The van der Waals surface area contributed by atoms with Crippen LogP contribution in [0.25, 0.3) is 0 Å². The van der Waals surface area contributed by atoms with E-state index in [-0.39, 0.29) is 11.9 Å². The molecule has 3 rings (SSSR count). The summed E-state index contributed by atoms with van der Waals surface area (Å²) >= 11 is 0. The van der Waals surface area contributed by atoms with Crippen molar-refractivity contribution < 1.29 is 13.2 Å². The Morgan fingerprint density at radius 1 is 1.24 bits per heavy atom. The number of benzene rings is 1. The van der Waals surface area contributed by atoms with Crippen LogP contribution in [0, 0.1) is 0 Å². The van der Waals surface area contributed by atoms with E-state index in [1.165, 1.54) is 11.1 Å². The third-order valence-corrected chi connectivity index (χ3v) is 5.47. The Balaban J connectivity index is 1.56. The van der Waals surface area contributed by atoms with E-state index in [2.05, 4.69) is 22.2 Å². The smallest absolute Gasteiger partial charge is 0.214 e. The number of rotatable bonds is 5. The van der Waals surface area contributed by atoms with Crippen molar-refractivity contribution >= 4 is 10.0 Å². The summed E-state index contributed by atoms with van der Waals surface area (Å²) in [6.07, 6.45) is 2.77. The molecule has 1 atom stereocenters. The Bertz CT molecular complexity index is 595. The van der Waals surface area contributed by atoms with Crippen LogP contribution in [0.2, 0.25) is 0 Å². The first kappa shape index (κ1) is 15.0. The van der Waals surface area contributed by atoms with Gasteiger partial charge in [-0.2, -0.15) is 0 Å². The monoisotopic (exact) mass is 310 g/mol. The van der Waals surface area contributed by atoms with Gasteiger partial charge in [0.05, 0.1) is 11.9 Å². The van der Waals surface area contributed by atoms with Crippen molar-refractivity contribution in [2.45, 2.75) is 45.0 Å². The predicted octanol–water partition coefficient (Wildman–Crippen LogP) is 1.28. The summed E-state index contributed by atoms with van der Waals surface area (Å²) in [4.78, 5) is 0. The highest BCUT2D eigenvalue weighted by molar-refractivity contribution is 7.89. The molecule has 1 unspecified atom stereocenters. The highest BCUT2D eigenvalue weighted by Crippen LogP contribution is 2.17. The van der Waals surface area contributed by atoms with Gasteiger partial charge in [-0.25, -0.2) is 13.1 Å². The zero-order valence-electron chi connectivity index (χ0n) is 12.1. The number of ether oxygens (including phenoxy) is 1. The Morgan fingerprint density at radius 2 is 2.10 bits per heavy atom. The molecule has 0 aromatic heterocycles. The zero-order valence-corrected chi connectivity index (χ0v) is 12.9. The van der Waals surface area contributed by atoms with Crippen molar-refractivity contribution in [2.75, 3.05) is 12.4 Å². The number of nitrogens with one attached hydrogen (secondary N) is 2. The minimum absolute atomic E-state index is 0.0689. The molecule has 1 aromatic rings. The fraction of sp³-hybridized carbons (Fsp3) is 0.600. The third kappa shape index (κ3) is 4.03. The second-order valence-corrected chi connectivity index (χ2v) is 7.65. The van der Waals surface area contributed by atoms with Crippen LogP contribution in [0.1, 0.15) is 36.0 Å². The van der Waals surface area contributed by atoms with E-state index in [1.54, 1.807) is 0 Å². The van der Waals surface area contributed by atoms with Gasteiger partial charge in [-0.15, -0.1) is 0 Å². The highest BCUT2D eigenvalue weighted by Gasteiger charge is 2.21. The number of hydrogen-bond acceptors (Lipinski definition) is 4. The van der Waals surface area contributed by atoms with E-state index in [0.717, 1.165) is 37.9 Å². The Labute approximate surface area is 126 Å². The van der Waals surface area contributed by atoms with Gasteiger partial charge in [-0.05, 0) is 36.0 Å². The Hall–Kier alpha value is -0.950. The lowest BCUT2D eigenvalue weighted by molar-refractivity contribution is 0.0304.